The highest BCUT2D eigenvalue weighted by atomic mass is 33.1. The van der Waals surface area contributed by atoms with Crippen molar-refractivity contribution in [2.75, 3.05) is 6.61 Å². The maximum absolute atomic E-state index is 13.8. The minimum Gasteiger partial charge on any atom is -0.321 e. The van der Waals surface area contributed by atoms with Gasteiger partial charge in [-0.3, -0.25) is 0 Å². The Hall–Kier alpha value is 0.290. The SMILES string of the molecule is CCCC(SS)(C(C)OP(OCCC#N)N(C(C)C)C(C)C)C(F)(F)F. The molecule has 0 fully saturated rings. The van der Waals surface area contributed by atoms with Gasteiger partial charge in [0.15, 0.2) is 0 Å². The Labute approximate surface area is 165 Å². The fourth-order valence-electron chi connectivity index (χ4n) is 2.63. The summed E-state index contributed by atoms with van der Waals surface area (Å²) in [6.45, 7) is 11.0. The van der Waals surface area contributed by atoms with Crippen molar-refractivity contribution in [3.63, 3.8) is 0 Å². The number of hydrogen-bond acceptors (Lipinski definition) is 6. The summed E-state index contributed by atoms with van der Waals surface area (Å²) in [4.78, 5) is 0. The van der Waals surface area contributed by atoms with Crippen molar-refractivity contribution < 1.29 is 22.2 Å². The van der Waals surface area contributed by atoms with Crippen molar-refractivity contribution in [1.82, 2.24) is 4.67 Å². The van der Waals surface area contributed by atoms with Gasteiger partial charge in [-0.2, -0.15) is 18.4 Å². The van der Waals surface area contributed by atoms with Gasteiger partial charge >= 0.3 is 6.18 Å². The predicted molar refractivity (Wildman–Crippen MR) is 106 cm³/mol. The molecule has 10 heteroatoms. The minimum absolute atomic E-state index is 0.0190. The van der Waals surface area contributed by atoms with Crippen molar-refractivity contribution in [2.45, 2.75) is 89.9 Å². The largest absolute Gasteiger partial charge is 0.406 e. The lowest BCUT2D eigenvalue weighted by molar-refractivity contribution is -0.179. The van der Waals surface area contributed by atoms with Gasteiger partial charge in [0.05, 0.1) is 25.2 Å². The molecule has 0 aliphatic carbocycles. The molecule has 26 heavy (non-hydrogen) atoms. The maximum Gasteiger partial charge on any atom is 0.406 e. The summed E-state index contributed by atoms with van der Waals surface area (Å²) in [6, 6.07) is 2.01. The van der Waals surface area contributed by atoms with E-state index in [-0.39, 0.29) is 31.5 Å². The van der Waals surface area contributed by atoms with E-state index in [9.17, 15) is 13.2 Å². The Morgan fingerprint density at radius 2 is 1.73 bits per heavy atom. The molecule has 0 N–H and O–H groups in total. The minimum atomic E-state index is -4.47. The van der Waals surface area contributed by atoms with Gasteiger partial charge in [-0.05, 0) is 41.0 Å². The summed E-state index contributed by atoms with van der Waals surface area (Å²) in [5.74, 6) is 0. The highest BCUT2D eigenvalue weighted by Gasteiger charge is 2.59. The highest BCUT2D eigenvalue weighted by Crippen LogP contribution is 2.55. The molecule has 4 nitrogen and oxygen atoms in total. The Balaban J connectivity index is 5.65. The Bertz CT molecular complexity index is 442. The zero-order valence-corrected chi connectivity index (χ0v) is 18.8. The van der Waals surface area contributed by atoms with E-state index in [1.807, 2.05) is 38.4 Å². The predicted octanol–water partition coefficient (Wildman–Crippen LogP) is 6.35. The van der Waals surface area contributed by atoms with Crippen LogP contribution in [-0.4, -0.2) is 40.4 Å². The Morgan fingerprint density at radius 3 is 2.08 bits per heavy atom. The topological polar surface area (TPSA) is 45.5 Å². The maximum atomic E-state index is 13.8. The number of rotatable bonds is 12. The highest BCUT2D eigenvalue weighted by molar-refractivity contribution is 8.69. The van der Waals surface area contributed by atoms with E-state index in [1.54, 1.807) is 6.92 Å². The zero-order valence-electron chi connectivity index (χ0n) is 16.2. The van der Waals surface area contributed by atoms with Crippen LogP contribution in [0.25, 0.3) is 0 Å². The third kappa shape index (κ3) is 7.03. The molecule has 0 aliphatic rings. The first-order valence-electron chi connectivity index (χ1n) is 8.62. The number of hydrogen-bond donors (Lipinski definition) is 1. The summed E-state index contributed by atoms with van der Waals surface area (Å²) < 4.78 is 52.9. The molecule has 0 aliphatic heterocycles. The van der Waals surface area contributed by atoms with Crippen LogP contribution < -0.4 is 0 Å². The quantitative estimate of drug-likeness (QED) is 0.168. The molecular weight excluding hydrogens is 404 g/mol. The molecular formula is C16H30F3N2O2PS2. The first kappa shape index (κ1) is 26.3. The monoisotopic (exact) mass is 434 g/mol. The van der Waals surface area contributed by atoms with E-state index in [4.69, 9.17) is 14.3 Å². The van der Waals surface area contributed by atoms with Gasteiger partial charge in [-0.25, -0.2) is 4.67 Å². The van der Waals surface area contributed by atoms with Gasteiger partial charge in [0.1, 0.15) is 4.75 Å². The molecule has 0 heterocycles. The second-order valence-electron chi connectivity index (χ2n) is 6.52. The third-order valence-electron chi connectivity index (χ3n) is 3.83. The van der Waals surface area contributed by atoms with Crippen LogP contribution in [0.2, 0.25) is 0 Å². The number of thiol groups is 1. The summed E-state index contributed by atoms with van der Waals surface area (Å²) in [6.07, 6.45) is -5.22. The van der Waals surface area contributed by atoms with Crippen LogP contribution in [-0.2, 0) is 9.05 Å². The van der Waals surface area contributed by atoms with Crippen molar-refractivity contribution in [2.24, 2.45) is 0 Å². The fourth-order valence-corrected chi connectivity index (χ4v) is 6.08. The second kappa shape index (κ2) is 12.0. The van der Waals surface area contributed by atoms with Crippen LogP contribution in [0.15, 0.2) is 0 Å². The average Bonchev–Trinajstić information content (AvgIpc) is 2.50. The molecule has 3 unspecified atom stereocenters. The number of alkyl halides is 3. The fraction of sp³-hybridized carbons (Fsp3) is 0.938. The summed E-state index contributed by atoms with van der Waals surface area (Å²) in [5.41, 5.74) is 0. The van der Waals surface area contributed by atoms with Gasteiger partial charge in [0.25, 0.3) is 8.53 Å². The standard InChI is InChI=1S/C16H30F3N2O2PS2/c1-7-9-15(26-25,16(17,18)19)14(6)23-24(22-11-8-10-20)21(12(2)3)13(4)5/h12-14,25H,7-9,11H2,1-6H3. The van der Waals surface area contributed by atoms with Gasteiger partial charge in [-0.15, -0.1) is 11.7 Å². The second-order valence-corrected chi connectivity index (χ2v) is 9.39. The molecule has 3 atom stereocenters. The van der Waals surface area contributed by atoms with Crippen molar-refractivity contribution in [1.29, 1.82) is 5.26 Å². The first-order valence-corrected chi connectivity index (χ1v) is 11.6. The number of halogens is 3. The molecule has 154 valence electrons. The zero-order chi connectivity index (χ0) is 20.5. The van der Waals surface area contributed by atoms with E-state index in [1.165, 1.54) is 6.92 Å². The number of nitriles is 1. The van der Waals surface area contributed by atoms with E-state index < -0.39 is 25.6 Å². The van der Waals surface area contributed by atoms with Crippen LogP contribution in [0.3, 0.4) is 0 Å². The van der Waals surface area contributed by atoms with Crippen molar-refractivity contribution in [3.8, 4) is 6.07 Å². The average molecular weight is 435 g/mol. The van der Waals surface area contributed by atoms with E-state index in [2.05, 4.69) is 11.7 Å². The molecule has 0 bridgehead atoms. The smallest absolute Gasteiger partial charge is 0.321 e. The Kier molecular flexibility index (Phi) is 12.1. The van der Waals surface area contributed by atoms with Crippen molar-refractivity contribution >= 4 is 31.0 Å². The lowest BCUT2D eigenvalue weighted by Crippen LogP contribution is -2.51. The van der Waals surface area contributed by atoms with Gasteiger partial charge in [0, 0.05) is 12.1 Å². The van der Waals surface area contributed by atoms with Crippen LogP contribution in [0, 0.1) is 11.3 Å². The van der Waals surface area contributed by atoms with E-state index >= 15 is 0 Å². The molecule has 0 aromatic carbocycles. The first-order chi connectivity index (χ1) is 12.0. The normalized spacial score (nSPS) is 17.4. The molecule has 0 saturated heterocycles. The van der Waals surface area contributed by atoms with Crippen LogP contribution in [0.5, 0.6) is 0 Å². The molecule has 0 radical (unpaired) electrons. The molecule has 0 rings (SSSR count). The summed E-state index contributed by atoms with van der Waals surface area (Å²) >= 11 is 3.94. The molecule has 0 spiro atoms. The van der Waals surface area contributed by atoms with Gasteiger partial charge in [0.2, 0.25) is 0 Å². The van der Waals surface area contributed by atoms with Crippen LogP contribution in [0.4, 0.5) is 13.2 Å². The lowest BCUT2D eigenvalue weighted by atomic mass is 9.96. The van der Waals surface area contributed by atoms with Crippen LogP contribution >= 0.6 is 31.0 Å². The molecule has 0 saturated carbocycles. The molecule has 0 aromatic heterocycles. The number of nitrogens with zero attached hydrogens (tertiary/aromatic N) is 2. The molecule has 0 aromatic rings. The van der Waals surface area contributed by atoms with Gasteiger partial charge < -0.3 is 9.05 Å². The van der Waals surface area contributed by atoms with Gasteiger partial charge in [-0.1, -0.05) is 24.1 Å². The van der Waals surface area contributed by atoms with E-state index in [0.717, 1.165) is 0 Å². The van der Waals surface area contributed by atoms with E-state index in [0.29, 0.717) is 17.2 Å². The Morgan fingerprint density at radius 1 is 1.19 bits per heavy atom. The lowest BCUT2D eigenvalue weighted by Gasteiger charge is -2.42. The van der Waals surface area contributed by atoms with Crippen molar-refractivity contribution in [3.05, 3.63) is 0 Å². The summed E-state index contributed by atoms with van der Waals surface area (Å²) in [5, 5.41) is 8.72. The van der Waals surface area contributed by atoms with Crippen LogP contribution in [0.1, 0.15) is 60.8 Å². The summed E-state index contributed by atoms with van der Waals surface area (Å²) in [7, 11) is -1.26. The third-order valence-corrected chi connectivity index (χ3v) is 8.10. The molecule has 0 amide bonds.